The second kappa shape index (κ2) is 5.70. The number of hydrogen-bond donors (Lipinski definition) is 2. The third kappa shape index (κ3) is 4.73. The molecule has 4 nitrogen and oxygen atoms in total. The van der Waals surface area contributed by atoms with Gasteiger partial charge in [-0.2, -0.15) is 13.2 Å². The Balaban J connectivity index is 2.94. The van der Waals surface area contributed by atoms with E-state index in [9.17, 15) is 23.1 Å². The number of halogens is 3. The summed E-state index contributed by atoms with van der Waals surface area (Å²) < 4.78 is 42.8. The van der Waals surface area contributed by atoms with Gasteiger partial charge in [0.25, 0.3) is 5.91 Å². The lowest BCUT2D eigenvalue weighted by atomic mass is 10.1. The van der Waals surface area contributed by atoms with Crippen LogP contribution in [-0.2, 0) is 6.18 Å². The van der Waals surface area contributed by atoms with E-state index >= 15 is 0 Å². The molecule has 1 aromatic rings. The predicted molar refractivity (Wildman–Crippen MR) is 66.4 cm³/mol. The zero-order chi connectivity index (χ0) is 15.6. The van der Waals surface area contributed by atoms with E-state index in [0.29, 0.717) is 6.07 Å². The minimum absolute atomic E-state index is 0.0326. The second-order valence-corrected chi connectivity index (χ2v) is 4.98. The topological polar surface area (TPSA) is 72.6 Å². The highest BCUT2D eigenvalue weighted by atomic mass is 19.4. The summed E-state index contributed by atoms with van der Waals surface area (Å²) in [5, 5.41) is 9.50. The van der Waals surface area contributed by atoms with Gasteiger partial charge >= 0.3 is 6.18 Å². The van der Waals surface area contributed by atoms with Crippen molar-refractivity contribution in [3.8, 4) is 5.75 Å². The van der Waals surface area contributed by atoms with Crippen LogP contribution in [0, 0.1) is 0 Å². The first-order chi connectivity index (χ1) is 9.00. The van der Waals surface area contributed by atoms with E-state index in [1.54, 1.807) is 13.8 Å². The molecule has 0 aliphatic carbocycles. The van der Waals surface area contributed by atoms with Gasteiger partial charge in [0.15, 0.2) is 0 Å². The Morgan fingerprint density at radius 1 is 1.35 bits per heavy atom. The van der Waals surface area contributed by atoms with Gasteiger partial charge in [0.1, 0.15) is 5.75 Å². The summed E-state index contributed by atoms with van der Waals surface area (Å²) in [6, 6.07) is 2.51. The predicted octanol–water partition coefficient (Wildman–Crippen LogP) is 2.34. The number of ether oxygens (including phenoxy) is 1. The first-order valence-corrected chi connectivity index (χ1v) is 5.87. The molecule has 1 aromatic carbocycles. The maximum absolute atomic E-state index is 12.5. The summed E-state index contributed by atoms with van der Waals surface area (Å²) in [6.45, 7) is 3.19. The molecule has 3 N–H and O–H groups in total. The van der Waals surface area contributed by atoms with Crippen LogP contribution in [0.4, 0.5) is 13.2 Å². The highest BCUT2D eigenvalue weighted by Gasteiger charge is 2.31. The van der Waals surface area contributed by atoms with Crippen molar-refractivity contribution < 1.29 is 27.8 Å². The summed E-state index contributed by atoms with van der Waals surface area (Å²) in [7, 11) is 0. The largest absolute Gasteiger partial charge is 0.493 e. The molecule has 7 heteroatoms. The van der Waals surface area contributed by atoms with E-state index < -0.39 is 23.2 Å². The Labute approximate surface area is 114 Å². The van der Waals surface area contributed by atoms with Gasteiger partial charge in [-0.05, 0) is 32.0 Å². The van der Waals surface area contributed by atoms with Gasteiger partial charge < -0.3 is 15.6 Å². The average molecular weight is 291 g/mol. The molecular weight excluding hydrogens is 275 g/mol. The first-order valence-electron chi connectivity index (χ1n) is 5.87. The van der Waals surface area contributed by atoms with Gasteiger partial charge in [0.05, 0.1) is 23.3 Å². The standard InChI is InChI=1S/C13H16F3NO3/c1-12(2,19)5-6-20-10-4-3-8(13(14,15)16)7-9(10)11(17)18/h3-4,7,19H,5-6H2,1-2H3,(H2,17,18). The van der Waals surface area contributed by atoms with E-state index in [-0.39, 0.29) is 24.3 Å². The van der Waals surface area contributed by atoms with Crippen LogP contribution in [0.1, 0.15) is 36.2 Å². The van der Waals surface area contributed by atoms with Crippen LogP contribution in [0.15, 0.2) is 18.2 Å². The summed E-state index contributed by atoms with van der Waals surface area (Å²) in [5.74, 6) is -1.04. The van der Waals surface area contributed by atoms with E-state index in [4.69, 9.17) is 10.5 Å². The van der Waals surface area contributed by atoms with Crippen LogP contribution in [-0.4, -0.2) is 23.2 Å². The van der Waals surface area contributed by atoms with Crippen LogP contribution >= 0.6 is 0 Å². The fourth-order valence-corrected chi connectivity index (χ4v) is 1.44. The molecule has 20 heavy (non-hydrogen) atoms. The lowest BCUT2D eigenvalue weighted by Crippen LogP contribution is -2.22. The fraction of sp³-hybridized carbons (Fsp3) is 0.462. The lowest BCUT2D eigenvalue weighted by molar-refractivity contribution is -0.137. The summed E-state index contributed by atoms with van der Waals surface area (Å²) >= 11 is 0. The molecule has 0 saturated heterocycles. The minimum Gasteiger partial charge on any atom is -0.493 e. The molecule has 0 heterocycles. The molecule has 0 unspecified atom stereocenters. The van der Waals surface area contributed by atoms with Crippen molar-refractivity contribution in [1.82, 2.24) is 0 Å². The Morgan fingerprint density at radius 3 is 2.40 bits per heavy atom. The molecule has 0 fully saturated rings. The van der Waals surface area contributed by atoms with Gasteiger partial charge in [-0.15, -0.1) is 0 Å². The molecular formula is C13H16F3NO3. The number of nitrogens with two attached hydrogens (primary N) is 1. The number of aliphatic hydroxyl groups is 1. The van der Waals surface area contributed by atoms with Crippen molar-refractivity contribution in [2.45, 2.75) is 32.0 Å². The maximum Gasteiger partial charge on any atom is 0.416 e. The zero-order valence-electron chi connectivity index (χ0n) is 11.1. The van der Waals surface area contributed by atoms with E-state index in [1.807, 2.05) is 0 Å². The highest BCUT2D eigenvalue weighted by molar-refractivity contribution is 5.95. The van der Waals surface area contributed by atoms with Gasteiger partial charge in [-0.3, -0.25) is 4.79 Å². The Hall–Kier alpha value is -1.76. The number of carbonyl (C=O) groups excluding carboxylic acids is 1. The third-order valence-corrected chi connectivity index (χ3v) is 2.54. The number of primary amides is 1. The normalized spacial score (nSPS) is 12.3. The molecule has 0 atom stereocenters. The number of alkyl halides is 3. The molecule has 0 spiro atoms. The van der Waals surface area contributed by atoms with Crippen molar-refractivity contribution in [1.29, 1.82) is 0 Å². The number of benzene rings is 1. The van der Waals surface area contributed by atoms with Gasteiger partial charge in [-0.1, -0.05) is 0 Å². The Kier molecular flexibility index (Phi) is 4.65. The molecule has 112 valence electrons. The maximum atomic E-state index is 12.5. The summed E-state index contributed by atoms with van der Waals surface area (Å²) in [4.78, 5) is 11.2. The van der Waals surface area contributed by atoms with Gasteiger partial charge in [-0.25, -0.2) is 0 Å². The number of amides is 1. The smallest absolute Gasteiger partial charge is 0.416 e. The number of rotatable bonds is 5. The van der Waals surface area contributed by atoms with Crippen molar-refractivity contribution in [3.05, 3.63) is 29.3 Å². The molecule has 1 amide bonds. The monoisotopic (exact) mass is 291 g/mol. The fourth-order valence-electron chi connectivity index (χ4n) is 1.44. The molecule has 0 aliphatic rings. The third-order valence-electron chi connectivity index (χ3n) is 2.54. The Bertz CT molecular complexity index is 493. The van der Waals surface area contributed by atoms with Crippen LogP contribution in [0.5, 0.6) is 5.75 Å². The van der Waals surface area contributed by atoms with Crippen LogP contribution in [0.2, 0.25) is 0 Å². The van der Waals surface area contributed by atoms with E-state index in [2.05, 4.69) is 0 Å². The van der Waals surface area contributed by atoms with Crippen molar-refractivity contribution in [3.63, 3.8) is 0 Å². The van der Waals surface area contributed by atoms with Gasteiger partial charge in [0.2, 0.25) is 0 Å². The lowest BCUT2D eigenvalue weighted by Gasteiger charge is -2.18. The highest BCUT2D eigenvalue weighted by Crippen LogP contribution is 2.32. The van der Waals surface area contributed by atoms with Crippen molar-refractivity contribution in [2.75, 3.05) is 6.61 Å². The number of hydrogen-bond acceptors (Lipinski definition) is 3. The average Bonchev–Trinajstić information content (AvgIpc) is 2.25. The zero-order valence-corrected chi connectivity index (χ0v) is 11.1. The molecule has 0 radical (unpaired) electrons. The van der Waals surface area contributed by atoms with E-state index in [0.717, 1.165) is 12.1 Å². The minimum atomic E-state index is -4.56. The summed E-state index contributed by atoms with van der Waals surface area (Å²) in [6.07, 6.45) is -4.30. The SMILES string of the molecule is CC(C)(O)CCOc1ccc(C(F)(F)F)cc1C(N)=O. The number of carbonyl (C=O) groups is 1. The Morgan fingerprint density at radius 2 is 1.95 bits per heavy atom. The molecule has 0 bridgehead atoms. The molecule has 0 aliphatic heterocycles. The van der Waals surface area contributed by atoms with Crippen molar-refractivity contribution in [2.24, 2.45) is 5.73 Å². The second-order valence-electron chi connectivity index (χ2n) is 4.98. The molecule has 0 saturated carbocycles. The molecule has 1 rings (SSSR count). The van der Waals surface area contributed by atoms with Crippen molar-refractivity contribution >= 4 is 5.91 Å². The van der Waals surface area contributed by atoms with Crippen LogP contribution < -0.4 is 10.5 Å². The van der Waals surface area contributed by atoms with Gasteiger partial charge in [0, 0.05) is 6.42 Å². The summed E-state index contributed by atoms with van der Waals surface area (Å²) in [5.41, 5.74) is 2.77. The van der Waals surface area contributed by atoms with E-state index in [1.165, 1.54) is 0 Å². The quantitative estimate of drug-likeness (QED) is 0.874. The van der Waals surface area contributed by atoms with Crippen LogP contribution in [0.3, 0.4) is 0 Å². The first kappa shape index (κ1) is 16.3. The molecule has 0 aromatic heterocycles. The van der Waals surface area contributed by atoms with Crippen LogP contribution in [0.25, 0.3) is 0 Å².